The van der Waals surface area contributed by atoms with E-state index in [4.69, 9.17) is 0 Å². The highest BCUT2D eigenvalue weighted by Gasteiger charge is 2.24. The van der Waals surface area contributed by atoms with Gasteiger partial charge < -0.3 is 0 Å². The van der Waals surface area contributed by atoms with Gasteiger partial charge in [-0.25, -0.2) is 4.90 Å². The first-order valence-electron chi connectivity index (χ1n) is 8.26. The number of rotatable bonds is 2. The molecule has 3 heteroatoms. The first-order chi connectivity index (χ1) is 12.7. The number of carbonyl (C=O) groups excluding carboxylic acids is 2. The van der Waals surface area contributed by atoms with Crippen molar-refractivity contribution < 1.29 is 9.59 Å². The molecule has 0 aromatic heterocycles. The van der Waals surface area contributed by atoms with Crippen LogP contribution < -0.4 is 4.90 Å². The molecular formula is C23H21NO2. The van der Waals surface area contributed by atoms with Gasteiger partial charge in [-0.2, -0.15) is 0 Å². The lowest BCUT2D eigenvalue weighted by atomic mass is 10.1. The Morgan fingerprint density at radius 2 is 1.35 bits per heavy atom. The van der Waals surface area contributed by atoms with Crippen molar-refractivity contribution in [1.29, 1.82) is 0 Å². The molecule has 0 atom stereocenters. The van der Waals surface area contributed by atoms with Gasteiger partial charge in [-0.15, -0.1) is 0 Å². The summed E-state index contributed by atoms with van der Waals surface area (Å²) in [7, 11) is 0. The third-order valence-corrected chi connectivity index (χ3v) is 3.68. The topological polar surface area (TPSA) is 37.4 Å². The summed E-state index contributed by atoms with van der Waals surface area (Å²) < 4.78 is 0. The van der Waals surface area contributed by atoms with Gasteiger partial charge in [0, 0.05) is 12.2 Å². The molecule has 0 radical (unpaired) electrons. The molecule has 3 nitrogen and oxygen atoms in total. The number of carbonyl (C=O) groups is 2. The van der Waals surface area contributed by atoms with Crippen LogP contribution in [-0.2, 0) is 16.0 Å². The lowest BCUT2D eigenvalue weighted by molar-refractivity contribution is -0.119. The standard InChI is InChI=1S/C10H7NO2.C9H8.C4H6/c12-9-6-7-10(13)11(9)8-4-2-1-3-5-8;1-2-5-9-7-3-6-8(9)4-1;1-3-4-2/h1-7H;1-6H,7H2;3-4H,1-2H2. The molecule has 0 saturated carbocycles. The van der Waals surface area contributed by atoms with E-state index in [0.717, 1.165) is 11.3 Å². The molecule has 2 aromatic rings. The molecule has 26 heavy (non-hydrogen) atoms. The molecule has 0 N–H and O–H groups in total. The minimum atomic E-state index is -0.281. The maximum atomic E-state index is 11.2. The van der Waals surface area contributed by atoms with E-state index in [-0.39, 0.29) is 11.8 Å². The van der Waals surface area contributed by atoms with Gasteiger partial charge in [0.15, 0.2) is 0 Å². The minimum Gasteiger partial charge on any atom is -0.269 e. The maximum absolute atomic E-state index is 11.2. The van der Waals surface area contributed by atoms with Gasteiger partial charge in [-0.1, -0.05) is 79.9 Å². The number of hydrogen-bond acceptors (Lipinski definition) is 2. The molecule has 0 fully saturated rings. The van der Waals surface area contributed by atoms with Crippen molar-refractivity contribution in [2.24, 2.45) is 0 Å². The molecule has 0 spiro atoms. The molecule has 1 aliphatic heterocycles. The zero-order chi connectivity index (χ0) is 18.8. The molecule has 2 aromatic carbocycles. The molecule has 0 saturated heterocycles. The predicted molar refractivity (Wildman–Crippen MR) is 108 cm³/mol. The third kappa shape index (κ3) is 5.02. The first kappa shape index (κ1) is 18.9. The number of fused-ring (bicyclic) bond motifs is 1. The van der Waals surface area contributed by atoms with E-state index in [9.17, 15) is 9.59 Å². The van der Waals surface area contributed by atoms with E-state index in [0.29, 0.717) is 5.69 Å². The molecule has 4 rings (SSSR count). The van der Waals surface area contributed by atoms with Crippen LogP contribution in [0, 0.1) is 0 Å². The number of amides is 2. The van der Waals surface area contributed by atoms with Crippen LogP contribution in [0.5, 0.6) is 0 Å². The second-order valence-corrected chi connectivity index (χ2v) is 5.46. The average Bonchev–Trinajstić information content (AvgIpc) is 3.29. The zero-order valence-electron chi connectivity index (χ0n) is 14.5. The molecule has 130 valence electrons. The normalized spacial score (nSPS) is 13.3. The zero-order valence-corrected chi connectivity index (χ0v) is 14.5. The lowest BCUT2D eigenvalue weighted by Crippen LogP contribution is -2.29. The molecule has 0 bridgehead atoms. The highest BCUT2D eigenvalue weighted by molar-refractivity contribution is 6.28. The SMILES string of the molecule is C1=Cc2ccccc2C1.C=CC=C.O=C1C=CC(=O)N1c1ccccc1. The van der Waals surface area contributed by atoms with Gasteiger partial charge in [0.1, 0.15) is 0 Å². The number of benzene rings is 2. The fourth-order valence-electron chi connectivity index (χ4n) is 2.43. The van der Waals surface area contributed by atoms with Crippen LogP contribution in [-0.4, -0.2) is 11.8 Å². The molecule has 0 unspecified atom stereocenters. The van der Waals surface area contributed by atoms with Gasteiger partial charge >= 0.3 is 0 Å². The van der Waals surface area contributed by atoms with Gasteiger partial charge in [0.2, 0.25) is 0 Å². The number of para-hydroxylation sites is 1. The van der Waals surface area contributed by atoms with Crippen molar-refractivity contribution in [3.63, 3.8) is 0 Å². The summed E-state index contributed by atoms with van der Waals surface area (Å²) in [6.07, 6.45) is 11.3. The Labute approximate surface area is 154 Å². The Balaban J connectivity index is 0.000000162. The summed E-state index contributed by atoms with van der Waals surface area (Å²) in [4.78, 5) is 23.5. The number of anilines is 1. The van der Waals surface area contributed by atoms with E-state index in [1.165, 1.54) is 23.3 Å². The molecular weight excluding hydrogens is 322 g/mol. The Morgan fingerprint density at radius 1 is 0.769 bits per heavy atom. The van der Waals surface area contributed by atoms with Crippen LogP contribution in [0.3, 0.4) is 0 Å². The maximum Gasteiger partial charge on any atom is 0.258 e. The smallest absolute Gasteiger partial charge is 0.258 e. The number of imide groups is 1. The van der Waals surface area contributed by atoms with Crippen molar-refractivity contribution in [2.75, 3.05) is 4.90 Å². The van der Waals surface area contributed by atoms with Crippen LogP contribution in [0.15, 0.2) is 98.1 Å². The van der Waals surface area contributed by atoms with E-state index in [1.54, 1.807) is 36.4 Å². The summed E-state index contributed by atoms with van der Waals surface area (Å²) in [5.41, 5.74) is 3.46. The highest BCUT2D eigenvalue weighted by atomic mass is 16.2. The Bertz CT molecular complexity index is 824. The average molecular weight is 343 g/mol. The van der Waals surface area contributed by atoms with Gasteiger partial charge in [0.05, 0.1) is 5.69 Å². The highest BCUT2D eigenvalue weighted by Crippen LogP contribution is 2.18. The number of nitrogens with zero attached hydrogens (tertiary/aromatic N) is 1. The van der Waals surface area contributed by atoms with E-state index in [1.807, 2.05) is 6.07 Å². The monoisotopic (exact) mass is 343 g/mol. The fraction of sp³-hybridized carbons (Fsp3) is 0.0435. The quantitative estimate of drug-likeness (QED) is 0.584. The second-order valence-electron chi connectivity index (χ2n) is 5.46. The molecule has 2 amide bonds. The van der Waals surface area contributed by atoms with Crippen molar-refractivity contribution in [3.05, 3.63) is 109 Å². The van der Waals surface area contributed by atoms with E-state index in [2.05, 4.69) is 49.6 Å². The van der Waals surface area contributed by atoms with Gasteiger partial charge in [-0.3, -0.25) is 9.59 Å². The molecule has 1 aliphatic carbocycles. The Kier molecular flexibility index (Phi) is 7.07. The molecule has 2 aliphatic rings. The second kappa shape index (κ2) is 9.74. The van der Waals surface area contributed by atoms with E-state index < -0.39 is 0 Å². The van der Waals surface area contributed by atoms with Crippen LogP contribution >= 0.6 is 0 Å². The summed E-state index contributed by atoms with van der Waals surface area (Å²) in [5, 5.41) is 0. The number of hydrogen-bond donors (Lipinski definition) is 0. The van der Waals surface area contributed by atoms with Crippen LogP contribution in [0.1, 0.15) is 11.1 Å². The first-order valence-corrected chi connectivity index (χ1v) is 8.26. The summed E-state index contributed by atoms with van der Waals surface area (Å²) in [6, 6.07) is 17.4. The lowest BCUT2D eigenvalue weighted by Gasteiger charge is -2.12. The summed E-state index contributed by atoms with van der Waals surface area (Å²) >= 11 is 0. The third-order valence-electron chi connectivity index (χ3n) is 3.68. The van der Waals surface area contributed by atoms with Crippen molar-refractivity contribution in [2.45, 2.75) is 6.42 Å². The minimum absolute atomic E-state index is 0.281. The van der Waals surface area contributed by atoms with Crippen LogP contribution in [0.2, 0.25) is 0 Å². The summed E-state index contributed by atoms with van der Waals surface area (Å²) in [5.74, 6) is -0.563. The van der Waals surface area contributed by atoms with Gasteiger partial charge in [0.25, 0.3) is 11.8 Å². The predicted octanol–water partition coefficient (Wildman–Crippen LogP) is 4.73. The van der Waals surface area contributed by atoms with Crippen molar-refractivity contribution >= 4 is 23.6 Å². The summed E-state index contributed by atoms with van der Waals surface area (Å²) in [6.45, 7) is 6.72. The molecule has 1 heterocycles. The van der Waals surface area contributed by atoms with Crippen molar-refractivity contribution in [3.8, 4) is 0 Å². The van der Waals surface area contributed by atoms with Gasteiger partial charge in [-0.05, 0) is 29.7 Å². The van der Waals surface area contributed by atoms with Crippen LogP contribution in [0.4, 0.5) is 5.69 Å². The van der Waals surface area contributed by atoms with Crippen LogP contribution in [0.25, 0.3) is 6.08 Å². The van der Waals surface area contributed by atoms with Crippen molar-refractivity contribution in [1.82, 2.24) is 0 Å². The largest absolute Gasteiger partial charge is 0.269 e. The Morgan fingerprint density at radius 3 is 1.92 bits per heavy atom. The fourth-order valence-corrected chi connectivity index (χ4v) is 2.43. The van der Waals surface area contributed by atoms with E-state index >= 15 is 0 Å². The Hall–Kier alpha value is -3.46. The number of allylic oxidation sites excluding steroid dienone is 3.